The Morgan fingerprint density at radius 3 is 2.81 bits per heavy atom. The second-order valence-electron chi connectivity index (χ2n) is 8.21. The molecule has 1 unspecified atom stereocenters. The molecule has 2 aliphatic carbocycles. The van der Waals surface area contributed by atoms with Crippen LogP contribution in [0.25, 0.3) is 5.82 Å². The van der Waals surface area contributed by atoms with Gasteiger partial charge in [0.15, 0.2) is 17.4 Å². The number of nitrogens with one attached hydrogen (secondary N) is 1. The number of sulfonamides is 1. The normalized spacial score (nSPS) is 20.7. The lowest BCUT2D eigenvalue weighted by Crippen LogP contribution is -2.32. The summed E-state index contributed by atoms with van der Waals surface area (Å²) in [4.78, 5) is 16.6. The van der Waals surface area contributed by atoms with E-state index in [2.05, 4.69) is 21.9 Å². The summed E-state index contributed by atoms with van der Waals surface area (Å²) in [6.45, 7) is 5.74. The summed E-state index contributed by atoms with van der Waals surface area (Å²) in [6.07, 6.45) is 6.64. The van der Waals surface area contributed by atoms with Gasteiger partial charge in [-0.05, 0) is 47.8 Å². The van der Waals surface area contributed by atoms with Crippen LogP contribution in [0.15, 0.2) is 40.1 Å². The number of nitrogens with zero attached hydrogens (tertiary/aromatic N) is 5. The minimum absolute atomic E-state index is 0.0919. The van der Waals surface area contributed by atoms with Gasteiger partial charge >= 0.3 is 0 Å². The second kappa shape index (κ2) is 7.24. The SMILES string of the molecule is C=[N+]1N=CC(S(=O)(=O)NC(=O)c2ccc(-n3ccc(OCC4CC45CC5)n3)nc2Cl)=C1C. The van der Waals surface area contributed by atoms with Crippen LogP contribution in [0.1, 0.15) is 36.5 Å². The maximum absolute atomic E-state index is 12.5. The fourth-order valence-electron chi connectivity index (χ4n) is 3.79. The molecule has 1 atom stereocenters. The monoisotopic (exact) mass is 475 g/mol. The molecule has 12 heteroatoms. The summed E-state index contributed by atoms with van der Waals surface area (Å²) in [5.41, 5.74) is 0.759. The highest BCUT2D eigenvalue weighted by molar-refractivity contribution is 7.94. The van der Waals surface area contributed by atoms with E-state index in [-0.39, 0.29) is 21.3 Å². The molecular weight excluding hydrogens is 456 g/mol. The molecule has 32 heavy (non-hydrogen) atoms. The molecule has 1 aliphatic heterocycles. The quantitative estimate of drug-likeness (QED) is 0.484. The Bertz CT molecular complexity index is 1330. The van der Waals surface area contributed by atoms with E-state index in [1.54, 1.807) is 12.3 Å². The summed E-state index contributed by atoms with van der Waals surface area (Å²) in [5.74, 6) is 0.567. The van der Waals surface area contributed by atoms with E-state index in [9.17, 15) is 13.2 Å². The van der Waals surface area contributed by atoms with Crippen molar-refractivity contribution in [2.75, 3.05) is 6.61 Å². The van der Waals surface area contributed by atoms with E-state index in [1.807, 2.05) is 4.72 Å². The molecule has 0 radical (unpaired) electrons. The number of hydrogen-bond donors (Lipinski definition) is 1. The summed E-state index contributed by atoms with van der Waals surface area (Å²) >= 11 is 6.17. The zero-order chi connectivity index (χ0) is 22.7. The second-order valence-corrected chi connectivity index (χ2v) is 10.2. The van der Waals surface area contributed by atoms with Gasteiger partial charge in [0.2, 0.25) is 11.6 Å². The molecule has 0 bridgehead atoms. The van der Waals surface area contributed by atoms with Gasteiger partial charge in [0.05, 0.1) is 12.2 Å². The van der Waals surface area contributed by atoms with Crippen molar-refractivity contribution in [2.45, 2.75) is 26.2 Å². The highest BCUT2D eigenvalue weighted by atomic mass is 35.5. The third-order valence-electron chi connectivity index (χ3n) is 6.14. The first-order chi connectivity index (χ1) is 15.2. The van der Waals surface area contributed by atoms with E-state index in [0.29, 0.717) is 29.6 Å². The van der Waals surface area contributed by atoms with Crippen molar-refractivity contribution in [3.63, 3.8) is 0 Å². The number of carbonyl (C=O) groups is 1. The van der Waals surface area contributed by atoms with Crippen LogP contribution in [0.4, 0.5) is 0 Å². The Hall–Kier alpha value is -3.05. The lowest BCUT2D eigenvalue weighted by molar-refractivity contribution is -0.468. The number of ether oxygens (including phenoxy) is 1. The van der Waals surface area contributed by atoms with Gasteiger partial charge in [-0.2, -0.15) is 0 Å². The van der Waals surface area contributed by atoms with Crippen LogP contribution in [-0.2, 0) is 10.0 Å². The molecule has 2 fully saturated rings. The average molecular weight is 476 g/mol. The molecule has 1 amide bonds. The number of pyridine rings is 1. The number of hydrazone groups is 1. The number of aromatic nitrogens is 3. The predicted octanol–water partition coefficient (Wildman–Crippen LogP) is 2.10. The predicted molar refractivity (Wildman–Crippen MR) is 117 cm³/mol. The first kappa shape index (κ1) is 20.8. The Balaban J connectivity index is 1.27. The molecule has 2 saturated carbocycles. The molecule has 3 heterocycles. The number of hydrogen-bond acceptors (Lipinski definition) is 7. The van der Waals surface area contributed by atoms with Crippen LogP contribution in [-0.4, -0.2) is 53.3 Å². The van der Waals surface area contributed by atoms with Crippen LogP contribution < -0.4 is 9.46 Å². The summed E-state index contributed by atoms with van der Waals surface area (Å²) in [7, 11) is -4.15. The molecule has 2 aromatic rings. The number of halogens is 1. The van der Waals surface area contributed by atoms with E-state index in [0.717, 1.165) is 10.9 Å². The van der Waals surface area contributed by atoms with Crippen molar-refractivity contribution >= 4 is 40.5 Å². The fraction of sp³-hybridized carbons (Fsp3) is 0.350. The van der Waals surface area contributed by atoms with Gasteiger partial charge in [0, 0.05) is 19.2 Å². The van der Waals surface area contributed by atoms with E-state index < -0.39 is 15.9 Å². The van der Waals surface area contributed by atoms with Crippen molar-refractivity contribution in [2.24, 2.45) is 16.4 Å². The molecule has 1 spiro atoms. The number of rotatable bonds is 7. The first-order valence-corrected chi connectivity index (χ1v) is 11.8. The first-order valence-electron chi connectivity index (χ1n) is 9.97. The molecule has 3 aliphatic rings. The largest absolute Gasteiger partial charge is 0.476 e. The smallest absolute Gasteiger partial charge is 0.272 e. The maximum atomic E-state index is 12.5. The molecule has 1 N–H and O–H groups in total. The molecule has 2 aromatic heterocycles. The number of allylic oxidation sites excluding steroid dienone is 2. The summed E-state index contributed by atoms with van der Waals surface area (Å²) < 4.78 is 35.4. The Kier molecular flexibility index (Phi) is 4.71. The van der Waals surface area contributed by atoms with Gasteiger partial charge in [-0.25, -0.2) is 22.8 Å². The molecule has 5 rings (SSSR count). The van der Waals surface area contributed by atoms with Crippen LogP contribution >= 0.6 is 11.6 Å². The van der Waals surface area contributed by atoms with Crippen LogP contribution in [0.2, 0.25) is 5.15 Å². The van der Waals surface area contributed by atoms with Crippen LogP contribution in [0, 0.1) is 11.3 Å². The third-order valence-corrected chi connectivity index (χ3v) is 7.86. The van der Waals surface area contributed by atoms with Crippen molar-refractivity contribution in [1.29, 1.82) is 0 Å². The van der Waals surface area contributed by atoms with Crippen molar-refractivity contribution in [3.05, 3.63) is 45.7 Å². The van der Waals surface area contributed by atoms with Crippen LogP contribution in [0.5, 0.6) is 5.88 Å². The van der Waals surface area contributed by atoms with Gasteiger partial charge in [-0.3, -0.25) is 4.79 Å². The Morgan fingerprint density at radius 1 is 1.41 bits per heavy atom. The van der Waals surface area contributed by atoms with Gasteiger partial charge in [0.25, 0.3) is 15.9 Å². The standard InChI is InChI=1S/C20H19ClN6O4S/c1-12-15(10-22-26(12)2)32(29,30)25-19(28)14-3-4-16(23-18(14)21)27-8-5-17(24-27)31-11-13-9-20(13)6-7-20/h3-5,8,10,13H,2,6-7,9,11H2,1H3/p+1. The highest BCUT2D eigenvalue weighted by Gasteiger charge is 2.62. The molecule has 0 aromatic carbocycles. The summed E-state index contributed by atoms with van der Waals surface area (Å²) in [6, 6.07) is 4.63. The Morgan fingerprint density at radius 2 is 2.19 bits per heavy atom. The summed E-state index contributed by atoms with van der Waals surface area (Å²) in [5, 5.41) is 7.96. The lowest BCUT2D eigenvalue weighted by atomic mass is 10.3. The average Bonchev–Trinajstić information content (AvgIpc) is 3.56. The van der Waals surface area contributed by atoms with E-state index >= 15 is 0 Å². The zero-order valence-electron chi connectivity index (χ0n) is 17.2. The number of carbonyl (C=O) groups excluding carboxylic acids is 1. The van der Waals surface area contributed by atoms with E-state index in [4.69, 9.17) is 16.3 Å². The zero-order valence-corrected chi connectivity index (χ0v) is 18.7. The highest BCUT2D eigenvalue weighted by Crippen LogP contribution is 2.70. The number of amides is 1. The maximum Gasteiger partial charge on any atom is 0.272 e. The third kappa shape index (κ3) is 3.71. The molecule has 10 nitrogen and oxygen atoms in total. The van der Waals surface area contributed by atoms with Crippen molar-refractivity contribution in [1.82, 2.24) is 19.5 Å². The van der Waals surface area contributed by atoms with Gasteiger partial charge in [0.1, 0.15) is 11.4 Å². The van der Waals surface area contributed by atoms with Gasteiger partial charge in [-0.1, -0.05) is 16.3 Å². The van der Waals surface area contributed by atoms with Gasteiger partial charge in [-0.15, -0.1) is 5.10 Å². The van der Waals surface area contributed by atoms with Crippen molar-refractivity contribution in [3.8, 4) is 11.7 Å². The van der Waals surface area contributed by atoms with E-state index in [1.165, 1.54) is 43.0 Å². The van der Waals surface area contributed by atoms with Gasteiger partial charge < -0.3 is 4.74 Å². The molecular formula is C20H20ClN6O4S+. The minimum Gasteiger partial charge on any atom is -0.476 e. The molecule has 0 saturated heterocycles. The minimum atomic E-state index is -4.15. The van der Waals surface area contributed by atoms with Crippen molar-refractivity contribution < 1.29 is 22.6 Å². The van der Waals surface area contributed by atoms with Crippen LogP contribution in [0.3, 0.4) is 0 Å². The Labute approximate surface area is 189 Å². The molecule has 166 valence electrons. The fourth-order valence-corrected chi connectivity index (χ4v) is 5.16. The lowest BCUT2D eigenvalue weighted by Gasteiger charge is -2.08. The topological polar surface area (TPSA) is 119 Å².